The third-order valence-electron chi connectivity index (χ3n) is 10.9. The Morgan fingerprint density at radius 3 is 2.35 bits per heavy atom. The van der Waals surface area contributed by atoms with E-state index in [0.29, 0.717) is 17.9 Å². The van der Waals surface area contributed by atoms with Gasteiger partial charge in [-0.1, -0.05) is 58.0 Å². The molecule has 5 aliphatic rings. The molecule has 6 rings (SSSR count). The highest BCUT2D eigenvalue weighted by atomic mass is 31.2. The van der Waals surface area contributed by atoms with E-state index in [-0.39, 0.29) is 43.3 Å². The lowest BCUT2D eigenvalue weighted by Crippen LogP contribution is -2.70. The van der Waals surface area contributed by atoms with Gasteiger partial charge in [0.1, 0.15) is 6.04 Å². The van der Waals surface area contributed by atoms with E-state index >= 15 is 0 Å². The fourth-order valence-electron chi connectivity index (χ4n) is 8.35. The molecule has 1 aromatic carbocycles. The normalized spacial score (nSPS) is 32.3. The number of hydrogen-bond acceptors (Lipinski definition) is 12. The van der Waals surface area contributed by atoms with E-state index in [0.717, 1.165) is 19.3 Å². The molecule has 3 unspecified atom stereocenters. The Bertz CT molecular complexity index is 1520. The number of primary amides is 1. The Balaban J connectivity index is 1.31. The SMILES string of the molecule is CCOP(=O)(/C=C/C(NC(=O)C(CC(C)C)NC(=O)C(CO[C@H]1O[C@@H]2O[C@@]3(C)CC[C@H]4[C@H](C)CC[C@@H]([C@H]1C)[C@@]24OO3)OC(N)=O)c1ccccc1)OCC. The number of benzene rings is 1. The van der Waals surface area contributed by atoms with Gasteiger partial charge in [0.2, 0.25) is 17.8 Å². The van der Waals surface area contributed by atoms with Gasteiger partial charge in [0.25, 0.3) is 5.91 Å². The van der Waals surface area contributed by atoms with Crippen LogP contribution >= 0.6 is 7.60 Å². The Morgan fingerprint density at radius 2 is 1.70 bits per heavy atom. The van der Waals surface area contributed by atoms with Crippen molar-refractivity contribution in [2.75, 3.05) is 19.8 Å². The lowest BCUT2D eigenvalue weighted by atomic mass is 9.58. The van der Waals surface area contributed by atoms with Crippen LogP contribution in [0.1, 0.15) is 92.2 Å². The fraction of sp³-hybridized carbons (Fsp3) is 0.711. The quantitative estimate of drug-likeness (QED) is 0.127. The van der Waals surface area contributed by atoms with E-state index in [9.17, 15) is 18.9 Å². The first-order valence-electron chi connectivity index (χ1n) is 19.1. The van der Waals surface area contributed by atoms with Crippen LogP contribution in [0.2, 0.25) is 0 Å². The van der Waals surface area contributed by atoms with E-state index in [4.69, 9.17) is 43.5 Å². The van der Waals surface area contributed by atoms with Gasteiger partial charge in [-0.3, -0.25) is 14.2 Å². The molecule has 2 bridgehead atoms. The number of carbonyl (C=O) groups is 3. The van der Waals surface area contributed by atoms with Crippen LogP contribution in [0.4, 0.5) is 4.79 Å². The zero-order valence-electron chi connectivity index (χ0n) is 32.4. The lowest BCUT2D eigenvalue weighted by molar-refractivity contribution is -0.577. The van der Waals surface area contributed by atoms with Crippen molar-refractivity contribution in [2.45, 2.75) is 123 Å². The van der Waals surface area contributed by atoms with Crippen molar-refractivity contribution in [2.24, 2.45) is 35.3 Å². The van der Waals surface area contributed by atoms with Crippen LogP contribution in [-0.4, -0.2) is 73.8 Å². The molecular formula is C38H58N3O12P. The maximum Gasteiger partial charge on any atom is 0.405 e. The van der Waals surface area contributed by atoms with Gasteiger partial charge in [-0.15, -0.1) is 0 Å². The van der Waals surface area contributed by atoms with Crippen molar-refractivity contribution in [1.29, 1.82) is 0 Å². The van der Waals surface area contributed by atoms with Crippen LogP contribution in [0.15, 0.2) is 42.2 Å². The fourth-order valence-corrected chi connectivity index (χ4v) is 9.70. The van der Waals surface area contributed by atoms with Crippen molar-refractivity contribution < 1.29 is 56.7 Å². The van der Waals surface area contributed by atoms with Crippen molar-refractivity contribution in [3.8, 4) is 0 Å². The number of nitrogens with one attached hydrogen (secondary N) is 2. The summed E-state index contributed by atoms with van der Waals surface area (Å²) in [5.41, 5.74) is 5.30. The summed E-state index contributed by atoms with van der Waals surface area (Å²) in [5, 5.41) is 5.70. The van der Waals surface area contributed by atoms with Gasteiger partial charge in [-0.25, -0.2) is 14.6 Å². The molecule has 0 radical (unpaired) electrons. The highest BCUT2D eigenvalue weighted by Gasteiger charge is 2.69. The maximum absolute atomic E-state index is 13.9. The topological polar surface area (TPSA) is 192 Å². The highest BCUT2D eigenvalue weighted by Crippen LogP contribution is 2.60. The summed E-state index contributed by atoms with van der Waals surface area (Å²) in [4.78, 5) is 51.9. The summed E-state index contributed by atoms with van der Waals surface area (Å²) in [7, 11) is -3.59. The molecule has 1 saturated carbocycles. The molecular weight excluding hydrogens is 721 g/mol. The molecule has 3 amide bonds. The zero-order valence-corrected chi connectivity index (χ0v) is 33.3. The van der Waals surface area contributed by atoms with Crippen LogP contribution in [0.25, 0.3) is 0 Å². The Hall–Kier alpha value is -2.88. The predicted octanol–water partition coefficient (Wildman–Crippen LogP) is 5.84. The average Bonchev–Trinajstić information content (AvgIpc) is 3.35. The lowest BCUT2D eigenvalue weighted by Gasteiger charge is -2.60. The van der Waals surface area contributed by atoms with Gasteiger partial charge >= 0.3 is 13.7 Å². The first kappa shape index (κ1) is 42.3. The molecule has 4 saturated heterocycles. The van der Waals surface area contributed by atoms with Crippen molar-refractivity contribution in [3.63, 3.8) is 0 Å². The number of nitrogens with two attached hydrogens (primary N) is 1. The molecule has 15 nitrogen and oxygen atoms in total. The van der Waals surface area contributed by atoms with Gasteiger partial charge in [0.05, 0.1) is 25.9 Å². The van der Waals surface area contributed by atoms with Gasteiger partial charge in [-0.05, 0) is 75.8 Å². The van der Waals surface area contributed by atoms with Crippen LogP contribution in [0, 0.1) is 29.6 Å². The summed E-state index contributed by atoms with van der Waals surface area (Å²) < 4.78 is 48.4. The summed E-state index contributed by atoms with van der Waals surface area (Å²) in [6, 6.07) is 7.25. The smallest absolute Gasteiger partial charge is 0.405 e. The molecule has 16 heteroatoms. The summed E-state index contributed by atoms with van der Waals surface area (Å²) in [5.74, 6) is -0.673. The summed E-state index contributed by atoms with van der Waals surface area (Å²) >= 11 is 0. The molecule has 302 valence electrons. The molecule has 4 N–H and O–H groups in total. The van der Waals surface area contributed by atoms with Crippen LogP contribution in [0.3, 0.4) is 0 Å². The van der Waals surface area contributed by atoms with Crippen LogP contribution in [0.5, 0.6) is 0 Å². The van der Waals surface area contributed by atoms with Crippen molar-refractivity contribution in [1.82, 2.24) is 10.6 Å². The second-order valence-electron chi connectivity index (χ2n) is 15.3. The monoisotopic (exact) mass is 779 g/mol. The first-order chi connectivity index (χ1) is 25.6. The van der Waals surface area contributed by atoms with Gasteiger partial charge in [0.15, 0.2) is 18.2 Å². The van der Waals surface area contributed by atoms with E-state index in [2.05, 4.69) is 17.6 Å². The van der Waals surface area contributed by atoms with Gasteiger partial charge in [0, 0.05) is 24.1 Å². The second kappa shape index (κ2) is 17.9. The van der Waals surface area contributed by atoms with E-state index < -0.39 is 74.3 Å². The van der Waals surface area contributed by atoms with Gasteiger partial charge in [-0.2, -0.15) is 0 Å². The number of amides is 3. The number of fused-ring (bicyclic) bond motifs is 2. The van der Waals surface area contributed by atoms with Crippen molar-refractivity contribution in [3.05, 3.63) is 47.8 Å². The molecule has 1 aliphatic carbocycles. The van der Waals surface area contributed by atoms with Gasteiger partial charge < -0.3 is 44.4 Å². The summed E-state index contributed by atoms with van der Waals surface area (Å²) in [6.07, 6.45) is 0.845. The second-order valence-corrected chi connectivity index (χ2v) is 17.2. The minimum Gasteiger partial charge on any atom is -0.434 e. The standard InChI is InChI=1S/C38H58N3O12P/c1-8-47-54(45,48-9-2)20-18-29(26-13-11-10-12-14-26)40-32(42)30(21-23(3)4)41-33(43)31(49-36(39)44)22-46-34-25(6)28-16-15-24(5)27-17-19-37(7)51-35(50-34)38(27,28)53-52-37/h10-14,18,20,23-25,27-31,34-35H,8-9,15-17,19,21-22H2,1-7H3,(H2,39,44)(H,40,42)(H,41,43)/b20-18+/t24-,25-,27+,28+,29?,30?,31?,34+,35-,37-,38-/m1/s1. The summed E-state index contributed by atoms with van der Waals surface area (Å²) in [6.45, 7) is 13.2. The third-order valence-corrected chi connectivity index (χ3v) is 12.7. The largest absolute Gasteiger partial charge is 0.434 e. The maximum atomic E-state index is 13.9. The molecule has 4 heterocycles. The number of carbonyl (C=O) groups excluding carboxylic acids is 3. The molecule has 11 atom stereocenters. The number of rotatable bonds is 17. The minimum absolute atomic E-state index is 0.0246. The molecule has 1 spiro atoms. The highest BCUT2D eigenvalue weighted by molar-refractivity contribution is 7.57. The number of hydrogen-bond donors (Lipinski definition) is 3. The number of ether oxygens (including phenoxy) is 4. The zero-order chi connectivity index (χ0) is 39.3. The Morgan fingerprint density at radius 1 is 1.00 bits per heavy atom. The van der Waals surface area contributed by atoms with E-state index in [1.807, 2.05) is 45.9 Å². The predicted molar refractivity (Wildman–Crippen MR) is 196 cm³/mol. The minimum atomic E-state index is -3.59. The van der Waals surface area contributed by atoms with Crippen LogP contribution < -0.4 is 16.4 Å². The van der Waals surface area contributed by atoms with E-state index in [1.165, 1.54) is 5.82 Å². The van der Waals surface area contributed by atoms with Crippen molar-refractivity contribution >= 4 is 25.5 Å². The molecule has 4 aliphatic heterocycles. The molecule has 5 fully saturated rings. The first-order valence-corrected chi connectivity index (χ1v) is 20.8. The molecule has 54 heavy (non-hydrogen) atoms. The Labute approximate surface area is 318 Å². The van der Waals surface area contributed by atoms with Crippen LogP contribution in [-0.2, 0) is 51.9 Å². The molecule has 0 aromatic heterocycles. The van der Waals surface area contributed by atoms with E-state index in [1.54, 1.807) is 32.1 Å². The molecule has 1 aromatic rings. The third kappa shape index (κ3) is 9.55. The average molecular weight is 780 g/mol. The Kier molecular flexibility index (Phi) is 14.0.